The number of nitrogens with zero attached hydrogens (tertiary/aromatic N) is 3. The molecule has 0 radical (unpaired) electrons. The van der Waals surface area contributed by atoms with E-state index in [4.69, 9.17) is 0 Å². The molecule has 2 aromatic rings. The number of carbonyl (C=O) groups is 2. The maximum atomic E-state index is 13.1. The van der Waals surface area contributed by atoms with Gasteiger partial charge in [-0.15, -0.1) is 0 Å². The fourth-order valence-corrected chi connectivity index (χ4v) is 4.69. The SMILES string of the molecule is Cc1ccc(N2C(=O)C[C@H](N3CCN(Cc4ccccc4)CC3)C2=O)c(Br)c1. The third-order valence-electron chi connectivity index (χ3n) is 5.56. The first-order valence-corrected chi connectivity index (χ1v) is 10.5. The first-order valence-electron chi connectivity index (χ1n) is 9.66. The van der Waals surface area contributed by atoms with Gasteiger partial charge in [0.15, 0.2) is 0 Å². The van der Waals surface area contributed by atoms with E-state index >= 15 is 0 Å². The van der Waals surface area contributed by atoms with E-state index < -0.39 is 0 Å². The molecule has 0 saturated carbocycles. The quantitative estimate of drug-likeness (QED) is 0.683. The maximum Gasteiger partial charge on any atom is 0.251 e. The minimum absolute atomic E-state index is 0.105. The van der Waals surface area contributed by atoms with E-state index in [9.17, 15) is 9.59 Å². The number of amides is 2. The predicted molar refractivity (Wildman–Crippen MR) is 113 cm³/mol. The summed E-state index contributed by atoms with van der Waals surface area (Å²) in [7, 11) is 0. The minimum atomic E-state index is -0.348. The van der Waals surface area contributed by atoms with E-state index in [1.54, 1.807) is 0 Å². The number of hydrogen-bond donors (Lipinski definition) is 0. The zero-order valence-corrected chi connectivity index (χ0v) is 17.6. The second kappa shape index (κ2) is 8.15. The summed E-state index contributed by atoms with van der Waals surface area (Å²) < 4.78 is 0.780. The first-order chi connectivity index (χ1) is 13.5. The largest absolute Gasteiger partial charge is 0.297 e. The highest BCUT2D eigenvalue weighted by Gasteiger charge is 2.43. The third kappa shape index (κ3) is 3.90. The number of benzene rings is 2. The smallest absolute Gasteiger partial charge is 0.251 e. The summed E-state index contributed by atoms with van der Waals surface area (Å²) in [5.41, 5.74) is 3.03. The number of aryl methyl sites for hydroxylation is 1. The van der Waals surface area contributed by atoms with Gasteiger partial charge in [-0.1, -0.05) is 36.4 Å². The monoisotopic (exact) mass is 441 g/mol. The molecule has 6 heteroatoms. The van der Waals surface area contributed by atoms with Crippen LogP contribution in [0.25, 0.3) is 0 Å². The predicted octanol–water partition coefficient (Wildman–Crippen LogP) is 3.21. The number of carbonyl (C=O) groups excluding carboxylic acids is 2. The van der Waals surface area contributed by atoms with Crippen molar-refractivity contribution in [3.8, 4) is 0 Å². The summed E-state index contributed by atoms with van der Waals surface area (Å²) in [5.74, 6) is -0.225. The Kier molecular flexibility index (Phi) is 5.62. The summed E-state index contributed by atoms with van der Waals surface area (Å²) in [5, 5.41) is 0. The molecule has 2 aromatic carbocycles. The van der Waals surface area contributed by atoms with Crippen LogP contribution in [0.5, 0.6) is 0 Å². The van der Waals surface area contributed by atoms with Crippen molar-refractivity contribution in [2.24, 2.45) is 0 Å². The molecule has 4 rings (SSSR count). The van der Waals surface area contributed by atoms with Crippen molar-refractivity contribution in [2.75, 3.05) is 31.1 Å². The van der Waals surface area contributed by atoms with Gasteiger partial charge in [-0.3, -0.25) is 19.4 Å². The van der Waals surface area contributed by atoms with Crippen molar-refractivity contribution in [2.45, 2.75) is 25.9 Å². The molecule has 0 N–H and O–H groups in total. The Morgan fingerprint density at radius 1 is 1.00 bits per heavy atom. The molecular weight excluding hydrogens is 418 g/mol. The van der Waals surface area contributed by atoms with Crippen LogP contribution in [0.3, 0.4) is 0 Å². The zero-order chi connectivity index (χ0) is 19.7. The lowest BCUT2D eigenvalue weighted by molar-refractivity contribution is -0.123. The van der Waals surface area contributed by atoms with Crippen molar-refractivity contribution in [3.05, 3.63) is 64.1 Å². The number of halogens is 1. The van der Waals surface area contributed by atoms with Gasteiger partial charge in [0.05, 0.1) is 18.2 Å². The number of imide groups is 1. The van der Waals surface area contributed by atoms with Crippen LogP contribution in [0.15, 0.2) is 53.0 Å². The second-order valence-electron chi connectivity index (χ2n) is 7.54. The molecule has 0 aliphatic carbocycles. The highest BCUT2D eigenvalue weighted by molar-refractivity contribution is 9.10. The number of piperazine rings is 1. The molecular formula is C22H24BrN3O2. The van der Waals surface area contributed by atoms with E-state index in [-0.39, 0.29) is 24.3 Å². The Morgan fingerprint density at radius 3 is 2.39 bits per heavy atom. The van der Waals surface area contributed by atoms with Gasteiger partial charge in [0.25, 0.3) is 5.91 Å². The van der Waals surface area contributed by atoms with Crippen molar-refractivity contribution in [1.82, 2.24) is 9.80 Å². The van der Waals surface area contributed by atoms with Gasteiger partial charge in [0, 0.05) is 37.2 Å². The molecule has 2 saturated heterocycles. The molecule has 2 aliphatic heterocycles. The number of anilines is 1. The third-order valence-corrected chi connectivity index (χ3v) is 6.20. The summed E-state index contributed by atoms with van der Waals surface area (Å²) in [6, 6.07) is 15.8. The Balaban J connectivity index is 1.41. The molecule has 0 unspecified atom stereocenters. The highest BCUT2D eigenvalue weighted by Crippen LogP contribution is 2.32. The van der Waals surface area contributed by atoms with Crippen molar-refractivity contribution in [1.29, 1.82) is 0 Å². The normalized spacial score (nSPS) is 21.5. The average Bonchev–Trinajstić information content (AvgIpc) is 2.98. The van der Waals surface area contributed by atoms with E-state index in [1.165, 1.54) is 10.5 Å². The summed E-state index contributed by atoms with van der Waals surface area (Å²) in [4.78, 5) is 31.6. The molecule has 146 valence electrons. The second-order valence-corrected chi connectivity index (χ2v) is 8.39. The Bertz CT molecular complexity index is 879. The van der Waals surface area contributed by atoms with Gasteiger partial charge in [-0.25, -0.2) is 4.90 Å². The highest BCUT2D eigenvalue weighted by atomic mass is 79.9. The fourth-order valence-electron chi connectivity index (χ4n) is 4.02. The van der Waals surface area contributed by atoms with Crippen LogP contribution in [0.4, 0.5) is 5.69 Å². The topological polar surface area (TPSA) is 43.9 Å². The van der Waals surface area contributed by atoms with Crippen LogP contribution in [0.2, 0.25) is 0 Å². The van der Waals surface area contributed by atoms with E-state index in [0.717, 1.165) is 42.8 Å². The van der Waals surface area contributed by atoms with Crippen molar-refractivity contribution >= 4 is 33.4 Å². The Hall–Kier alpha value is -2.02. The van der Waals surface area contributed by atoms with Crippen LogP contribution in [-0.4, -0.2) is 53.8 Å². The van der Waals surface area contributed by atoms with Gasteiger partial charge in [0.1, 0.15) is 0 Å². The fraction of sp³-hybridized carbons (Fsp3) is 0.364. The molecule has 5 nitrogen and oxygen atoms in total. The summed E-state index contributed by atoms with van der Waals surface area (Å²) in [6.45, 7) is 6.33. The molecule has 0 aromatic heterocycles. The molecule has 2 aliphatic rings. The first kappa shape index (κ1) is 19.3. The molecule has 0 bridgehead atoms. The molecule has 2 amide bonds. The summed E-state index contributed by atoms with van der Waals surface area (Å²) in [6.07, 6.45) is 0.262. The van der Waals surface area contributed by atoms with Crippen molar-refractivity contribution < 1.29 is 9.59 Å². The molecule has 1 atom stereocenters. The number of rotatable bonds is 4. The van der Waals surface area contributed by atoms with Gasteiger partial charge >= 0.3 is 0 Å². The van der Waals surface area contributed by atoms with Gasteiger partial charge in [-0.2, -0.15) is 0 Å². The van der Waals surface area contributed by atoms with E-state index in [0.29, 0.717) is 5.69 Å². The lowest BCUT2D eigenvalue weighted by Crippen LogP contribution is -2.52. The molecule has 0 spiro atoms. The van der Waals surface area contributed by atoms with Crippen LogP contribution < -0.4 is 4.90 Å². The van der Waals surface area contributed by atoms with Crippen LogP contribution >= 0.6 is 15.9 Å². The molecule has 28 heavy (non-hydrogen) atoms. The van der Waals surface area contributed by atoms with Gasteiger partial charge in [-0.05, 0) is 46.1 Å². The van der Waals surface area contributed by atoms with E-state index in [1.807, 2.05) is 31.2 Å². The summed E-state index contributed by atoms with van der Waals surface area (Å²) >= 11 is 3.50. The Labute approximate surface area is 174 Å². The van der Waals surface area contributed by atoms with E-state index in [2.05, 4.69) is 50.0 Å². The van der Waals surface area contributed by atoms with Crippen LogP contribution in [0.1, 0.15) is 17.5 Å². The lowest BCUT2D eigenvalue weighted by atomic mass is 10.1. The average molecular weight is 442 g/mol. The van der Waals surface area contributed by atoms with Gasteiger partial charge < -0.3 is 0 Å². The zero-order valence-electron chi connectivity index (χ0n) is 16.0. The van der Waals surface area contributed by atoms with Crippen LogP contribution in [0, 0.1) is 6.92 Å². The lowest BCUT2D eigenvalue weighted by Gasteiger charge is -2.37. The van der Waals surface area contributed by atoms with Crippen LogP contribution in [-0.2, 0) is 16.1 Å². The number of hydrogen-bond acceptors (Lipinski definition) is 4. The Morgan fingerprint density at radius 2 is 1.71 bits per heavy atom. The minimum Gasteiger partial charge on any atom is -0.297 e. The molecule has 2 fully saturated rings. The van der Waals surface area contributed by atoms with Crippen molar-refractivity contribution in [3.63, 3.8) is 0 Å². The molecule has 2 heterocycles. The maximum absolute atomic E-state index is 13.1. The van der Waals surface area contributed by atoms with Gasteiger partial charge in [0.2, 0.25) is 5.91 Å². The standard InChI is InChI=1S/C22H24BrN3O2/c1-16-7-8-19(18(23)13-16)26-21(27)14-20(22(26)28)25-11-9-24(10-12-25)15-17-5-3-2-4-6-17/h2-8,13,20H,9-12,14-15H2,1H3/t20-/m0/s1.